The quantitative estimate of drug-likeness (QED) is 0.0272. The van der Waals surface area contributed by atoms with Crippen LogP contribution in [0, 0.1) is 5.92 Å². The Bertz CT molecular complexity index is 3760. The lowest BCUT2D eigenvalue weighted by Crippen LogP contribution is -2.54. The number of nitrogens with one attached hydrogen (secondary N) is 5. The van der Waals surface area contributed by atoms with E-state index >= 15 is 0 Å². The Morgan fingerprint density at radius 1 is 0.552 bits per heavy atom. The lowest BCUT2D eigenvalue weighted by Gasteiger charge is -2.36. The summed E-state index contributed by atoms with van der Waals surface area (Å²) in [5.41, 5.74) is 9.86. The number of urea groups is 1. The number of rotatable bonds is 30. The highest BCUT2D eigenvalue weighted by Gasteiger charge is 2.37. The fraction of sp³-hybridized carbons (Fsp3) is 0.443. The first-order valence-electron chi connectivity index (χ1n) is 33.2. The summed E-state index contributed by atoms with van der Waals surface area (Å²) in [6.07, 6.45) is 4.03. The zero-order valence-electron chi connectivity index (χ0n) is 55.0. The molecule has 96 heavy (non-hydrogen) atoms. The topological polar surface area (TPSA) is 309 Å². The summed E-state index contributed by atoms with van der Waals surface area (Å²) in [6.45, 7) is 11.1. The van der Waals surface area contributed by atoms with Crippen LogP contribution in [-0.2, 0) is 35.3 Å². The fourth-order valence-corrected chi connectivity index (χ4v) is 12.9. The Hall–Kier alpha value is -9.79. The molecule has 0 aliphatic carbocycles. The van der Waals surface area contributed by atoms with Crippen molar-refractivity contribution >= 4 is 104 Å². The number of anilines is 3. The highest BCUT2D eigenvalue weighted by atomic mass is 16.6. The third-order valence-electron chi connectivity index (χ3n) is 18.4. The van der Waals surface area contributed by atoms with Crippen molar-refractivity contribution in [3.8, 4) is 0 Å². The summed E-state index contributed by atoms with van der Waals surface area (Å²) in [6, 6.07) is 22.2. The van der Waals surface area contributed by atoms with E-state index in [1.807, 2.05) is 42.5 Å². The Morgan fingerprint density at radius 2 is 1.10 bits per heavy atom. The van der Waals surface area contributed by atoms with E-state index in [2.05, 4.69) is 60.3 Å². The van der Waals surface area contributed by atoms with Crippen LogP contribution in [0.25, 0.3) is 21.5 Å². The molecule has 5 aliphatic heterocycles. The van der Waals surface area contributed by atoms with Gasteiger partial charge in [-0.15, -0.1) is 0 Å². The molecular formula is C70H86N14O12. The molecule has 0 radical (unpaired) electrons. The van der Waals surface area contributed by atoms with Crippen molar-refractivity contribution in [2.75, 3.05) is 134 Å². The Balaban J connectivity index is 0.762. The number of imide groups is 3. The van der Waals surface area contributed by atoms with Crippen LogP contribution in [0.1, 0.15) is 106 Å². The predicted molar refractivity (Wildman–Crippen MR) is 362 cm³/mol. The van der Waals surface area contributed by atoms with Gasteiger partial charge in [-0.1, -0.05) is 56.7 Å². The number of benzene rings is 5. The molecule has 10 rings (SSSR count). The number of nitrogens with two attached hydrogens (primary N) is 1. The summed E-state index contributed by atoms with van der Waals surface area (Å²) in [5.74, 6) is -4.37. The van der Waals surface area contributed by atoms with Crippen molar-refractivity contribution in [1.29, 1.82) is 0 Å². The van der Waals surface area contributed by atoms with E-state index in [4.69, 9.17) is 10.5 Å². The van der Waals surface area contributed by atoms with Crippen molar-refractivity contribution < 1.29 is 57.5 Å². The van der Waals surface area contributed by atoms with Crippen molar-refractivity contribution in [3.63, 3.8) is 0 Å². The number of ether oxygens (including phenoxy) is 1. The van der Waals surface area contributed by atoms with Crippen molar-refractivity contribution in [2.24, 2.45) is 11.7 Å². The maximum Gasteiger partial charge on any atom is 0.410 e. The van der Waals surface area contributed by atoms with Gasteiger partial charge in [0.2, 0.25) is 17.7 Å². The Labute approximate surface area is 557 Å². The molecule has 0 aromatic heterocycles. The molecule has 508 valence electrons. The van der Waals surface area contributed by atoms with Crippen LogP contribution >= 0.6 is 0 Å². The van der Waals surface area contributed by atoms with Crippen molar-refractivity contribution in [2.45, 2.75) is 77.5 Å². The molecule has 2 saturated heterocycles. The molecule has 5 aromatic carbocycles. The second-order valence-corrected chi connectivity index (χ2v) is 25.4. The van der Waals surface area contributed by atoms with E-state index in [-0.39, 0.29) is 107 Å². The molecule has 2 fully saturated rings. The average Bonchev–Trinajstić information content (AvgIpc) is 0.807. The standard InChI is InChI=1S/C70H86N14O12/c1-45(2)62(76-57(85)17-6-5-7-32-82-58(86)26-27-59(82)87)64(89)75-54(16-10-29-73-69(71)94)63(88)74-47-20-18-46(19-21-47)44-96-70(95)81(42-43-84-66(91)51-15-9-13-49-56(80-40-36-78(4)37-41-80)25-23-53(61(49)51)68(84)93)31-11-28-72-30-33-83-65(90)50-14-8-12-48-55(79-38-34-77(3)35-39-79)24-22-52(60(48)50)67(83)92/h8-9,12-15,18-27,45,54,62,72H,5-7,10-11,16-17,28-44H2,1-4H3,(H,74,88)(H,75,89)(H,76,85)(H3,71,73,94)/t54-,62?/m0/s1. The van der Waals surface area contributed by atoms with E-state index < -0.39 is 47.8 Å². The molecule has 0 spiro atoms. The van der Waals surface area contributed by atoms with Crippen molar-refractivity contribution in [1.82, 2.24) is 50.7 Å². The second kappa shape index (κ2) is 31.6. The number of primary amides is 1. The van der Waals surface area contributed by atoms with Gasteiger partial charge in [-0.05, 0) is 113 Å². The van der Waals surface area contributed by atoms with Gasteiger partial charge in [0.1, 0.15) is 18.7 Å². The van der Waals surface area contributed by atoms with Gasteiger partial charge in [-0.25, -0.2) is 9.59 Å². The van der Waals surface area contributed by atoms with Gasteiger partial charge in [0.25, 0.3) is 35.4 Å². The smallest absolute Gasteiger partial charge is 0.410 e. The van der Waals surface area contributed by atoms with Crippen LogP contribution in [0.4, 0.5) is 26.7 Å². The minimum Gasteiger partial charge on any atom is -0.445 e. The van der Waals surface area contributed by atoms with Crippen molar-refractivity contribution in [3.05, 3.63) is 125 Å². The van der Waals surface area contributed by atoms with Gasteiger partial charge in [-0.2, -0.15) is 0 Å². The molecule has 5 heterocycles. The second-order valence-electron chi connectivity index (χ2n) is 25.4. The minimum absolute atomic E-state index is 0.0715. The number of carbonyl (C=O) groups is 11. The largest absolute Gasteiger partial charge is 0.445 e. The maximum atomic E-state index is 14.4. The summed E-state index contributed by atoms with van der Waals surface area (Å²) in [4.78, 5) is 161. The molecule has 0 bridgehead atoms. The van der Waals surface area contributed by atoms with Crippen LogP contribution in [0.2, 0.25) is 0 Å². The molecule has 2 atom stereocenters. The number of carbonyl (C=O) groups excluding carboxylic acids is 11. The van der Waals surface area contributed by atoms with Gasteiger partial charge in [-0.3, -0.25) is 57.9 Å². The normalized spacial score (nSPS) is 16.4. The van der Waals surface area contributed by atoms with Crippen LogP contribution in [0.3, 0.4) is 0 Å². The number of hydrogen-bond acceptors (Lipinski definition) is 17. The van der Waals surface area contributed by atoms with Crippen LogP contribution in [-0.4, -0.2) is 226 Å². The van der Waals surface area contributed by atoms with E-state index in [0.717, 1.165) is 79.4 Å². The molecule has 26 heteroatoms. The Morgan fingerprint density at radius 3 is 1.66 bits per heavy atom. The summed E-state index contributed by atoms with van der Waals surface area (Å²) in [7, 11) is 4.17. The Kier molecular flexibility index (Phi) is 22.8. The van der Waals surface area contributed by atoms with E-state index in [9.17, 15) is 52.7 Å². The van der Waals surface area contributed by atoms with Crippen LogP contribution < -0.4 is 42.1 Å². The number of hydrogen-bond donors (Lipinski definition) is 6. The first-order valence-corrected chi connectivity index (χ1v) is 33.2. The number of piperazine rings is 2. The molecule has 1 unspecified atom stereocenters. The number of amides is 12. The van der Waals surface area contributed by atoms with Crippen LogP contribution in [0.15, 0.2) is 97.1 Å². The van der Waals surface area contributed by atoms with Gasteiger partial charge in [0, 0.05) is 178 Å². The molecule has 5 aromatic rings. The first kappa shape index (κ1) is 69.1. The summed E-state index contributed by atoms with van der Waals surface area (Å²) >= 11 is 0. The van der Waals surface area contributed by atoms with Crippen LogP contribution in [0.5, 0.6) is 0 Å². The molecule has 0 saturated carbocycles. The molecule has 12 amide bonds. The highest BCUT2D eigenvalue weighted by molar-refractivity contribution is 6.28. The fourth-order valence-electron chi connectivity index (χ4n) is 12.9. The highest BCUT2D eigenvalue weighted by Crippen LogP contribution is 2.38. The molecular weight excluding hydrogens is 1230 g/mol. The third-order valence-corrected chi connectivity index (χ3v) is 18.4. The third kappa shape index (κ3) is 16.3. The summed E-state index contributed by atoms with van der Waals surface area (Å²) in [5, 5.41) is 17.2. The predicted octanol–water partition coefficient (Wildman–Crippen LogP) is 4.51. The van der Waals surface area contributed by atoms with E-state index in [1.54, 1.807) is 56.3 Å². The first-order chi connectivity index (χ1) is 46.3. The number of unbranched alkanes of at least 4 members (excludes halogenated alkanes) is 2. The molecule has 26 nitrogen and oxygen atoms in total. The van der Waals surface area contributed by atoms with Gasteiger partial charge in [0.15, 0.2) is 0 Å². The maximum absolute atomic E-state index is 14.4. The SMILES string of the molecule is CC(C)C(NC(=O)CCCCCN1C(=O)C=CC1=O)C(=O)N[C@@H](CCCNC(N)=O)C(=O)Nc1ccc(COC(=O)N(CCCNCCN2C(=O)c3cccc4c(N5CCN(C)CC5)ccc(c34)C2=O)CCN2C(=O)c3cccc4c(N5CCN(C)CC5)ccc(c34)C2=O)cc1. The minimum atomic E-state index is -1.12. The van der Waals surface area contributed by atoms with Gasteiger partial charge in [0.05, 0.1) is 0 Å². The number of likely N-dealkylation sites (N-methyl/N-ethyl adjacent to an activating group) is 2. The van der Waals surface area contributed by atoms with Gasteiger partial charge < -0.3 is 61.6 Å². The zero-order valence-corrected chi connectivity index (χ0v) is 55.0. The van der Waals surface area contributed by atoms with Gasteiger partial charge >= 0.3 is 12.1 Å². The average molecular weight is 1320 g/mol. The summed E-state index contributed by atoms with van der Waals surface area (Å²) < 4.78 is 5.90. The lowest BCUT2D eigenvalue weighted by molar-refractivity contribution is -0.137. The monoisotopic (exact) mass is 1310 g/mol. The molecule has 7 N–H and O–H groups in total. The number of nitrogens with zero attached hydrogens (tertiary/aromatic N) is 8. The zero-order chi connectivity index (χ0) is 68.2. The van der Waals surface area contributed by atoms with E-state index in [1.165, 1.54) is 26.9 Å². The molecule has 5 aliphatic rings. The lowest BCUT2D eigenvalue weighted by atomic mass is 9.92. The van der Waals surface area contributed by atoms with E-state index in [0.29, 0.717) is 76.5 Å².